The summed E-state index contributed by atoms with van der Waals surface area (Å²) in [5.41, 5.74) is 0.598. The van der Waals surface area contributed by atoms with E-state index in [1.807, 2.05) is 13.8 Å². The van der Waals surface area contributed by atoms with Crippen molar-refractivity contribution < 1.29 is 18.3 Å². The van der Waals surface area contributed by atoms with Gasteiger partial charge in [-0.3, -0.25) is 0 Å². The lowest BCUT2D eigenvalue weighted by molar-refractivity contribution is -0.138. The highest BCUT2D eigenvalue weighted by Gasteiger charge is 2.18. The minimum Gasteiger partial charge on any atom is -0.480 e. The zero-order valence-corrected chi connectivity index (χ0v) is 12.1. The lowest BCUT2D eigenvalue weighted by Crippen LogP contribution is -2.30. The molecule has 1 atom stereocenters. The Kier molecular flexibility index (Phi) is 4.94. The van der Waals surface area contributed by atoms with E-state index in [1.54, 1.807) is 12.1 Å². The Hall–Kier alpha value is -1.56. The zero-order chi connectivity index (χ0) is 14.6. The van der Waals surface area contributed by atoms with Gasteiger partial charge in [0.25, 0.3) is 0 Å². The van der Waals surface area contributed by atoms with Gasteiger partial charge in [-0.15, -0.1) is 0 Å². The van der Waals surface area contributed by atoms with Crippen molar-refractivity contribution in [3.05, 3.63) is 24.3 Å². The number of carboxylic acids is 1. The van der Waals surface area contributed by atoms with Crippen LogP contribution in [0.25, 0.3) is 0 Å². The van der Waals surface area contributed by atoms with Gasteiger partial charge in [0, 0.05) is 11.9 Å². The molecule has 0 bridgehead atoms. The van der Waals surface area contributed by atoms with Gasteiger partial charge in [-0.25, -0.2) is 13.2 Å². The molecule has 1 aromatic carbocycles. The molecular formula is C13H19NO4S. The fourth-order valence-electron chi connectivity index (χ4n) is 1.69. The van der Waals surface area contributed by atoms with Crippen molar-refractivity contribution >= 4 is 21.5 Å². The van der Waals surface area contributed by atoms with Crippen molar-refractivity contribution in [2.45, 2.75) is 31.2 Å². The quantitative estimate of drug-likeness (QED) is 0.835. The molecule has 0 amide bonds. The Morgan fingerprint density at radius 1 is 1.26 bits per heavy atom. The number of hydrogen-bond donors (Lipinski definition) is 2. The van der Waals surface area contributed by atoms with Crippen LogP contribution in [0.5, 0.6) is 0 Å². The summed E-state index contributed by atoms with van der Waals surface area (Å²) in [5.74, 6) is -0.662. The summed E-state index contributed by atoms with van der Waals surface area (Å²) < 4.78 is 22.6. The van der Waals surface area contributed by atoms with Gasteiger partial charge in [-0.2, -0.15) is 0 Å². The van der Waals surface area contributed by atoms with E-state index in [-0.39, 0.29) is 10.8 Å². The van der Waals surface area contributed by atoms with E-state index < -0.39 is 21.8 Å². The average Bonchev–Trinajstić information content (AvgIpc) is 2.27. The number of anilines is 1. The molecule has 6 heteroatoms. The molecule has 1 rings (SSSR count). The number of sulfone groups is 1. The van der Waals surface area contributed by atoms with Gasteiger partial charge < -0.3 is 10.4 Å². The highest BCUT2D eigenvalue weighted by molar-refractivity contribution is 7.90. The van der Waals surface area contributed by atoms with Crippen LogP contribution in [-0.4, -0.2) is 31.8 Å². The van der Waals surface area contributed by atoms with Crippen LogP contribution in [-0.2, 0) is 14.6 Å². The highest BCUT2D eigenvalue weighted by atomic mass is 32.2. The Labute approximate surface area is 113 Å². The van der Waals surface area contributed by atoms with Crippen LogP contribution in [0.15, 0.2) is 29.2 Å². The molecule has 19 heavy (non-hydrogen) atoms. The molecule has 0 spiro atoms. The Morgan fingerprint density at radius 2 is 1.79 bits per heavy atom. The Balaban J connectivity index is 2.84. The summed E-state index contributed by atoms with van der Waals surface area (Å²) in [6, 6.07) is 5.40. The number of rotatable bonds is 6. The molecule has 0 aliphatic rings. The lowest BCUT2D eigenvalue weighted by Gasteiger charge is -2.17. The number of carboxylic acid groups (broad SMARTS) is 1. The molecule has 0 radical (unpaired) electrons. The summed E-state index contributed by atoms with van der Waals surface area (Å²) in [5, 5.41) is 12.0. The molecule has 106 valence electrons. The number of nitrogens with one attached hydrogen (secondary N) is 1. The highest BCUT2D eigenvalue weighted by Crippen LogP contribution is 2.17. The average molecular weight is 285 g/mol. The number of carbonyl (C=O) groups is 1. The standard InChI is InChI=1S/C13H19NO4S/c1-9(2)8-12(13(15)16)14-10-4-6-11(7-5-10)19(3,17)18/h4-7,9,12,14H,8H2,1-3H3,(H,15,16). The van der Waals surface area contributed by atoms with Crippen LogP contribution < -0.4 is 5.32 Å². The van der Waals surface area contributed by atoms with Crippen LogP contribution in [0.4, 0.5) is 5.69 Å². The third-order valence-electron chi connectivity index (χ3n) is 2.63. The van der Waals surface area contributed by atoms with Crippen molar-refractivity contribution in [1.82, 2.24) is 0 Å². The van der Waals surface area contributed by atoms with Gasteiger partial charge in [0.2, 0.25) is 0 Å². The first-order valence-corrected chi connectivity index (χ1v) is 7.88. The first kappa shape index (κ1) is 15.5. The van der Waals surface area contributed by atoms with Crippen LogP contribution in [0.2, 0.25) is 0 Å². The van der Waals surface area contributed by atoms with E-state index in [0.717, 1.165) is 6.26 Å². The van der Waals surface area contributed by atoms with Crippen molar-refractivity contribution in [2.75, 3.05) is 11.6 Å². The molecule has 5 nitrogen and oxygen atoms in total. The zero-order valence-electron chi connectivity index (χ0n) is 11.3. The molecular weight excluding hydrogens is 266 g/mol. The fraction of sp³-hybridized carbons (Fsp3) is 0.462. The number of benzene rings is 1. The van der Waals surface area contributed by atoms with Crippen molar-refractivity contribution in [3.63, 3.8) is 0 Å². The largest absolute Gasteiger partial charge is 0.480 e. The second-order valence-electron chi connectivity index (χ2n) is 4.96. The normalized spacial score (nSPS) is 13.3. The molecule has 0 aliphatic carbocycles. The predicted molar refractivity (Wildman–Crippen MR) is 74.1 cm³/mol. The van der Waals surface area contributed by atoms with Crippen molar-refractivity contribution in [2.24, 2.45) is 5.92 Å². The van der Waals surface area contributed by atoms with E-state index in [1.165, 1.54) is 12.1 Å². The minimum atomic E-state index is -3.23. The van der Waals surface area contributed by atoms with Crippen LogP contribution in [0.1, 0.15) is 20.3 Å². The van der Waals surface area contributed by atoms with Gasteiger partial charge in [0.05, 0.1) is 4.90 Å². The lowest BCUT2D eigenvalue weighted by atomic mass is 10.0. The Bertz CT molecular complexity index is 534. The van der Waals surface area contributed by atoms with Gasteiger partial charge >= 0.3 is 5.97 Å². The predicted octanol–water partition coefficient (Wildman–Crippen LogP) is 2.00. The van der Waals surface area contributed by atoms with Gasteiger partial charge in [-0.05, 0) is 36.6 Å². The topological polar surface area (TPSA) is 83.5 Å². The molecule has 1 aromatic rings. The number of hydrogen-bond acceptors (Lipinski definition) is 4. The fourth-order valence-corrected chi connectivity index (χ4v) is 2.32. The Morgan fingerprint density at radius 3 is 2.16 bits per heavy atom. The van der Waals surface area contributed by atoms with E-state index in [9.17, 15) is 13.2 Å². The molecule has 0 aliphatic heterocycles. The summed E-state index contributed by atoms with van der Waals surface area (Å²) >= 11 is 0. The van der Waals surface area contributed by atoms with Crippen LogP contribution >= 0.6 is 0 Å². The van der Waals surface area contributed by atoms with Gasteiger partial charge in [-0.1, -0.05) is 13.8 Å². The monoisotopic (exact) mass is 285 g/mol. The van der Waals surface area contributed by atoms with Crippen molar-refractivity contribution in [3.8, 4) is 0 Å². The second-order valence-corrected chi connectivity index (χ2v) is 6.98. The second kappa shape index (κ2) is 6.06. The molecule has 0 saturated carbocycles. The first-order chi connectivity index (χ1) is 8.70. The van der Waals surface area contributed by atoms with E-state index in [2.05, 4.69) is 5.32 Å². The van der Waals surface area contributed by atoms with E-state index in [0.29, 0.717) is 12.1 Å². The molecule has 1 unspecified atom stereocenters. The third-order valence-corrected chi connectivity index (χ3v) is 3.76. The van der Waals surface area contributed by atoms with Crippen LogP contribution in [0, 0.1) is 5.92 Å². The summed E-state index contributed by atoms with van der Waals surface area (Å²) in [6.45, 7) is 3.90. The summed E-state index contributed by atoms with van der Waals surface area (Å²) in [6.07, 6.45) is 1.64. The molecule has 0 saturated heterocycles. The number of aliphatic carboxylic acids is 1. The minimum absolute atomic E-state index is 0.216. The smallest absolute Gasteiger partial charge is 0.326 e. The molecule has 0 aromatic heterocycles. The van der Waals surface area contributed by atoms with Gasteiger partial charge in [0.15, 0.2) is 9.84 Å². The van der Waals surface area contributed by atoms with E-state index >= 15 is 0 Å². The maximum Gasteiger partial charge on any atom is 0.326 e. The first-order valence-electron chi connectivity index (χ1n) is 5.99. The molecule has 0 fully saturated rings. The molecule has 0 heterocycles. The molecule has 2 N–H and O–H groups in total. The van der Waals surface area contributed by atoms with E-state index in [4.69, 9.17) is 5.11 Å². The van der Waals surface area contributed by atoms with Crippen molar-refractivity contribution in [1.29, 1.82) is 0 Å². The SMILES string of the molecule is CC(C)CC(Nc1ccc(S(C)(=O)=O)cc1)C(=O)O. The van der Waals surface area contributed by atoms with Gasteiger partial charge in [0.1, 0.15) is 6.04 Å². The maximum atomic E-state index is 11.3. The maximum absolute atomic E-state index is 11.3. The summed E-state index contributed by atoms with van der Waals surface area (Å²) in [4.78, 5) is 11.3. The summed E-state index contributed by atoms with van der Waals surface area (Å²) in [7, 11) is -3.23. The van der Waals surface area contributed by atoms with Crippen LogP contribution in [0.3, 0.4) is 0 Å². The third kappa shape index (κ3) is 4.90.